The summed E-state index contributed by atoms with van der Waals surface area (Å²) in [5, 5.41) is 3.54. The van der Waals surface area contributed by atoms with Gasteiger partial charge in [0.1, 0.15) is 5.82 Å². The first-order chi connectivity index (χ1) is 9.15. The fraction of sp³-hybridized carbons (Fsp3) is 0.625. The van der Waals surface area contributed by atoms with Gasteiger partial charge in [0.15, 0.2) is 0 Å². The Bertz CT molecular complexity index is 369. The molecule has 1 heterocycles. The highest BCUT2D eigenvalue weighted by Gasteiger charge is 2.16. The van der Waals surface area contributed by atoms with Gasteiger partial charge in [-0.05, 0) is 76.5 Å². The number of piperidine rings is 1. The van der Waals surface area contributed by atoms with Crippen molar-refractivity contribution in [1.29, 1.82) is 0 Å². The van der Waals surface area contributed by atoms with E-state index in [0.717, 1.165) is 18.0 Å². The average molecular weight is 264 g/mol. The first-order valence-corrected chi connectivity index (χ1v) is 7.32. The predicted molar refractivity (Wildman–Crippen MR) is 77.7 cm³/mol. The van der Waals surface area contributed by atoms with E-state index in [4.69, 9.17) is 0 Å². The van der Waals surface area contributed by atoms with Crippen molar-refractivity contribution in [3.05, 3.63) is 35.6 Å². The molecule has 0 aliphatic carbocycles. The van der Waals surface area contributed by atoms with Crippen LogP contribution in [-0.4, -0.2) is 31.6 Å². The zero-order valence-electron chi connectivity index (χ0n) is 12.0. The molecule has 0 radical (unpaired) electrons. The van der Waals surface area contributed by atoms with Crippen molar-refractivity contribution in [3.63, 3.8) is 0 Å². The van der Waals surface area contributed by atoms with Crippen LogP contribution in [0.15, 0.2) is 24.3 Å². The number of hydrogen-bond acceptors (Lipinski definition) is 2. The van der Waals surface area contributed by atoms with Crippen LogP contribution in [0.25, 0.3) is 0 Å². The molecule has 1 aliphatic heterocycles. The quantitative estimate of drug-likeness (QED) is 0.878. The van der Waals surface area contributed by atoms with Crippen molar-refractivity contribution < 1.29 is 4.39 Å². The fourth-order valence-corrected chi connectivity index (χ4v) is 2.72. The maximum Gasteiger partial charge on any atom is 0.123 e. The molecular weight excluding hydrogens is 239 g/mol. The number of likely N-dealkylation sites (tertiary alicyclic amines) is 1. The normalized spacial score (nSPS) is 19.5. The summed E-state index contributed by atoms with van der Waals surface area (Å²) in [6.45, 7) is 5.66. The van der Waals surface area contributed by atoms with Gasteiger partial charge in [0.25, 0.3) is 0 Å². The molecule has 19 heavy (non-hydrogen) atoms. The number of nitrogens with zero attached hydrogens (tertiary/aromatic N) is 1. The Balaban J connectivity index is 1.69. The first kappa shape index (κ1) is 14.5. The van der Waals surface area contributed by atoms with Gasteiger partial charge >= 0.3 is 0 Å². The Morgan fingerprint density at radius 1 is 1.26 bits per heavy atom. The van der Waals surface area contributed by atoms with E-state index in [1.54, 1.807) is 0 Å². The minimum absolute atomic E-state index is 0.165. The molecule has 1 atom stereocenters. The lowest BCUT2D eigenvalue weighted by molar-refractivity contribution is 0.211. The molecule has 1 aromatic rings. The number of rotatable bonds is 5. The maximum absolute atomic E-state index is 12.9. The Labute approximate surface area is 116 Å². The van der Waals surface area contributed by atoms with Crippen molar-refractivity contribution in [2.24, 2.45) is 5.92 Å². The van der Waals surface area contributed by atoms with Crippen LogP contribution in [0.3, 0.4) is 0 Å². The van der Waals surface area contributed by atoms with E-state index in [1.165, 1.54) is 44.5 Å². The van der Waals surface area contributed by atoms with E-state index in [0.29, 0.717) is 6.04 Å². The summed E-state index contributed by atoms with van der Waals surface area (Å²) in [6.07, 6.45) is 3.89. The highest BCUT2D eigenvalue weighted by Crippen LogP contribution is 2.19. The summed E-state index contributed by atoms with van der Waals surface area (Å²) >= 11 is 0. The minimum atomic E-state index is -0.165. The van der Waals surface area contributed by atoms with Crippen molar-refractivity contribution >= 4 is 0 Å². The second kappa shape index (κ2) is 7.01. The summed E-state index contributed by atoms with van der Waals surface area (Å²) in [6, 6.07) is 7.09. The van der Waals surface area contributed by atoms with Crippen molar-refractivity contribution in [3.8, 4) is 0 Å². The topological polar surface area (TPSA) is 15.3 Å². The third-order valence-electron chi connectivity index (χ3n) is 4.21. The van der Waals surface area contributed by atoms with Gasteiger partial charge in [-0.25, -0.2) is 4.39 Å². The SMILES string of the molecule is C[C@@H](NCCC1CCN(C)CC1)c1ccc(F)cc1. The van der Waals surface area contributed by atoms with Gasteiger partial charge < -0.3 is 10.2 Å². The Morgan fingerprint density at radius 3 is 2.53 bits per heavy atom. The monoisotopic (exact) mass is 264 g/mol. The second-order valence-electron chi connectivity index (χ2n) is 5.76. The van der Waals surface area contributed by atoms with E-state index in [2.05, 4.69) is 24.2 Å². The van der Waals surface area contributed by atoms with Crippen LogP contribution in [0.4, 0.5) is 4.39 Å². The molecular formula is C16H25FN2. The molecule has 106 valence electrons. The zero-order chi connectivity index (χ0) is 13.7. The average Bonchev–Trinajstić information content (AvgIpc) is 2.41. The van der Waals surface area contributed by atoms with Gasteiger partial charge in [-0.15, -0.1) is 0 Å². The van der Waals surface area contributed by atoms with Crippen molar-refractivity contribution in [2.45, 2.75) is 32.2 Å². The molecule has 2 nitrogen and oxygen atoms in total. The van der Waals surface area contributed by atoms with Crippen LogP contribution in [0.1, 0.15) is 37.8 Å². The lowest BCUT2D eigenvalue weighted by atomic mass is 9.93. The van der Waals surface area contributed by atoms with Gasteiger partial charge in [-0.2, -0.15) is 0 Å². The molecule has 1 saturated heterocycles. The standard InChI is InChI=1S/C16H25FN2/c1-13(15-3-5-16(17)6-4-15)18-10-7-14-8-11-19(2)12-9-14/h3-6,13-14,18H,7-12H2,1-2H3/t13-/m1/s1. The third kappa shape index (κ3) is 4.59. The molecule has 0 unspecified atom stereocenters. The highest BCUT2D eigenvalue weighted by molar-refractivity contribution is 5.19. The lowest BCUT2D eigenvalue weighted by Crippen LogP contribution is -2.32. The molecule has 1 aliphatic rings. The first-order valence-electron chi connectivity index (χ1n) is 7.32. The molecule has 0 aromatic heterocycles. The summed E-state index contributed by atoms with van der Waals surface area (Å²) in [7, 11) is 2.20. The molecule has 1 fully saturated rings. The zero-order valence-corrected chi connectivity index (χ0v) is 12.0. The van der Waals surface area contributed by atoms with E-state index in [1.807, 2.05) is 12.1 Å². The molecule has 0 spiro atoms. The number of hydrogen-bond donors (Lipinski definition) is 1. The van der Waals surface area contributed by atoms with Gasteiger partial charge in [0.2, 0.25) is 0 Å². The van der Waals surface area contributed by atoms with Crippen LogP contribution in [-0.2, 0) is 0 Å². The Hall–Kier alpha value is -0.930. The van der Waals surface area contributed by atoms with E-state index in [-0.39, 0.29) is 5.82 Å². The highest BCUT2D eigenvalue weighted by atomic mass is 19.1. The number of halogens is 1. The summed E-state index contributed by atoms with van der Waals surface area (Å²) < 4.78 is 12.9. The lowest BCUT2D eigenvalue weighted by Gasteiger charge is -2.29. The Kier molecular flexibility index (Phi) is 5.34. The summed E-state index contributed by atoms with van der Waals surface area (Å²) in [4.78, 5) is 2.41. The molecule has 0 saturated carbocycles. The van der Waals surface area contributed by atoms with Crippen LogP contribution >= 0.6 is 0 Å². The molecule has 0 amide bonds. The van der Waals surface area contributed by atoms with Crippen LogP contribution < -0.4 is 5.32 Å². The summed E-state index contributed by atoms with van der Waals surface area (Å²) in [5.41, 5.74) is 1.16. The van der Waals surface area contributed by atoms with Crippen molar-refractivity contribution in [2.75, 3.05) is 26.7 Å². The molecule has 0 bridgehead atoms. The van der Waals surface area contributed by atoms with E-state index >= 15 is 0 Å². The summed E-state index contributed by atoms with van der Waals surface area (Å²) in [5.74, 6) is 0.700. The molecule has 2 rings (SSSR count). The molecule has 1 N–H and O–H groups in total. The molecule has 1 aromatic carbocycles. The van der Waals surface area contributed by atoms with Crippen molar-refractivity contribution in [1.82, 2.24) is 10.2 Å². The Morgan fingerprint density at radius 2 is 1.89 bits per heavy atom. The predicted octanol–water partition coefficient (Wildman–Crippen LogP) is 3.21. The van der Waals surface area contributed by atoms with E-state index < -0.39 is 0 Å². The second-order valence-corrected chi connectivity index (χ2v) is 5.76. The van der Waals surface area contributed by atoms with Crippen LogP contribution in [0.2, 0.25) is 0 Å². The number of benzene rings is 1. The van der Waals surface area contributed by atoms with Gasteiger partial charge in [0.05, 0.1) is 0 Å². The maximum atomic E-state index is 12.9. The third-order valence-corrected chi connectivity index (χ3v) is 4.21. The van der Waals surface area contributed by atoms with Gasteiger partial charge in [0, 0.05) is 6.04 Å². The smallest absolute Gasteiger partial charge is 0.123 e. The molecule has 3 heteroatoms. The minimum Gasteiger partial charge on any atom is -0.310 e. The largest absolute Gasteiger partial charge is 0.310 e. The van der Waals surface area contributed by atoms with Crippen LogP contribution in [0, 0.1) is 11.7 Å². The van der Waals surface area contributed by atoms with Gasteiger partial charge in [-0.3, -0.25) is 0 Å². The number of nitrogens with one attached hydrogen (secondary N) is 1. The van der Waals surface area contributed by atoms with E-state index in [9.17, 15) is 4.39 Å². The fourth-order valence-electron chi connectivity index (χ4n) is 2.72. The van der Waals surface area contributed by atoms with Gasteiger partial charge in [-0.1, -0.05) is 12.1 Å². The van der Waals surface area contributed by atoms with Crippen LogP contribution in [0.5, 0.6) is 0 Å².